The van der Waals surface area contributed by atoms with Crippen LogP contribution in [-0.2, 0) is 60.9 Å². The second-order valence-electron chi connectivity index (χ2n) is 24.2. The lowest BCUT2D eigenvalue weighted by atomic mass is 9.65. The fourth-order valence-electron chi connectivity index (χ4n) is 12.9. The molecule has 7 heterocycles. The molecule has 0 radical (unpaired) electrons. The maximum Gasteiger partial charge on any atom is 0.421 e. The minimum absolute atomic E-state index is 0.164. The molecule has 7 aliphatic rings. The van der Waals surface area contributed by atoms with Gasteiger partial charge in [0.15, 0.2) is 5.60 Å². The molecule has 1 spiro atoms. The van der Waals surface area contributed by atoms with Crippen LogP contribution < -0.4 is 0 Å². The van der Waals surface area contributed by atoms with Gasteiger partial charge in [-0.25, -0.2) is 18.8 Å². The first-order valence-corrected chi connectivity index (χ1v) is 36.3. The Morgan fingerprint density at radius 1 is 0.256 bits per heavy atom. The fraction of sp³-hybridized carbons (Fsp3) is 1.00. The average molecular weight is 1170 g/mol. The molecule has 78 heavy (non-hydrogen) atoms. The highest BCUT2D eigenvalue weighted by Gasteiger charge is 2.99. The van der Waals surface area contributed by atoms with Crippen LogP contribution in [0.4, 0.5) is 0 Å². The van der Waals surface area contributed by atoms with Gasteiger partial charge in [0.25, 0.3) is 5.79 Å². The molecule has 7 saturated heterocycles. The van der Waals surface area contributed by atoms with Crippen molar-refractivity contribution in [1.29, 1.82) is 0 Å². The van der Waals surface area contributed by atoms with Crippen molar-refractivity contribution in [2.75, 3.05) is 0 Å². The molecule has 0 amide bonds. The summed E-state index contributed by atoms with van der Waals surface area (Å²) < 4.78 is 54.2. The first-order valence-electron chi connectivity index (χ1n) is 33.0. The summed E-state index contributed by atoms with van der Waals surface area (Å²) in [5.41, 5.74) is -3.41. The molecule has 2 N–H and O–H groups in total. The lowest BCUT2D eigenvalue weighted by Crippen LogP contribution is -2.85. The van der Waals surface area contributed by atoms with Gasteiger partial charge in [0.2, 0.25) is 0 Å². The molecular formula is C60H113O15P3. The molecular weight excluding hydrogens is 1050 g/mol. The van der Waals surface area contributed by atoms with Gasteiger partial charge in [-0.05, 0) is 19.3 Å². The fourth-order valence-corrected chi connectivity index (χ4v) is 15.9. The topological polar surface area (TPSA) is 160 Å². The number of unbranched alkanes of at least 4 members (excludes halogenated alkanes) is 45. The summed E-state index contributed by atoms with van der Waals surface area (Å²) >= 11 is 0. The van der Waals surface area contributed by atoms with Crippen LogP contribution in [0.3, 0.4) is 0 Å². The third-order valence-electron chi connectivity index (χ3n) is 17.8. The third-order valence-corrected chi connectivity index (χ3v) is 20.6. The Bertz CT molecular complexity index is 1500. The van der Waals surface area contributed by atoms with Gasteiger partial charge >= 0.3 is 43.4 Å². The Balaban J connectivity index is 1.09. The highest BCUT2D eigenvalue weighted by atomic mass is 31.2. The summed E-state index contributed by atoms with van der Waals surface area (Å²) in [6, 6.07) is 0. The van der Waals surface area contributed by atoms with Crippen molar-refractivity contribution in [3.63, 3.8) is 0 Å². The highest BCUT2D eigenvalue weighted by Crippen LogP contribution is 2.82. The van der Waals surface area contributed by atoms with Crippen molar-refractivity contribution < 1.29 is 71.1 Å². The minimum atomic E-state index is -2.75. The summed E-state index contributed by atoms with van der Waals surface area (Å²) in [4.78, 5) is 25.4. The van der Waals surface area contributed by atoms with Gasteiger partial charge in [-0.15, -0.1) is 14.0 Å². The van der Waals surface area contributed by atoms with Crippen LogP contribution in [0.25, 0.3) is 0 Å². The predicted octanol–water partition coefficient (Wildman–Crippen LogP) is 20.8. The highest BCUT2D eigenvalue weighted by molar-refractivity contribution is 7.43. The van der Waals surface area contributed by atoms with Gasteiger partial charge in [-0.3, -0.25) is 13.6 Å². The molecule has 0 aliphatic carbocycles. The molecule has 7 rings (SSSR count). The summed E-state index contributed by atoms with van der Waals surface area (Å²) in [5.74, 6) is -10.7. The van der Waals surface area contributed by atoms with E-state index in [1.165, 1.54) is 231 Å². The maximum absolute atomic E-state index is 13.8. The number of aliphatic hydroxyl groups is 2. The molecule has 7 fully saturated rings. The molecule has 0 saturated carbocycles. The van der Waals surface area contributed by atoms with Crippen LogP contribution in [-0.4, -0.2) is 44.7 Å². The average Bonchev–Trinajstić information content (AvgIpc) is 3.88. The number of hydrogen-bond donors (Lipinski definition) is 2. The van der Waals surface area contributed by atoms with E-state index >= 15 is 0 Å². The van der Waals surface area contributed by atoms with Gasteiger partial charge < -0.3 is 10.2 Å². The smallest absolute Gasteiger partial charge is 0.358 e. The standard InChI is InChI=1S/C60H113O15P3/c1-4-7-10-13-16-19-22-25-28-31-34-37-40-43-46-49-52-55(53-50-47-44-41-38-35-32-29-26-23-20-17-14-11-8-5-2)56(54-51-48-45-42-39-36-33-30-27-24-21-18-15-12-9-6-3)57(61)58-59(69-76(67-57)68-58,60(62)70-77(71-60)73-64-56)66-75-78(72-63-55)74-65-58/h61-62H,4-54H2,1-3H3/t56-,57-,58-,59+,60?,76?,77?,78?/m1/s1. The Labute approximate surface area is 477 Å². The first kappa shape index (κ1) is 67.8. The second-order valence-corrected chi connectivity index (χ2v) is 27.0. The zero-order valence-corrected chi connectivity index (χ0v) is 52.3. The normalized spacial score (nSPS) is 29.7. The molecule has 2 unspecified atom stereocenters. The van der Waals surface area contributed by atoms with E-state index in [2.05, 4.69) is 20.8 Å². The summed E-state index contributed by atoms with van der Waals surface area (Å²) in [6.45, 7) is 6.84. The molecule has 0 aromatic carbocycles. The van der Waals surface area contributed by atoms with E-state index in [0.29, 0.717) is 19.3 Å². The molecule has 458 valence electrons. The largest absolute Gasteiger partial charge is 0.421 e. The van der Waals surface area contributed by atoms with E-state index in [4.69, 9.17) is 60.9 Å². The molecule has 7 aliphatic heterocycles. The summed E-state index contributed by atoms with van der Waals surface area (Å²) in [7, 11) is -7.46. The molecule has 15 nitrogen and oxygen atoms in total. The lowest BCUT2D eigenvalue weighted by Gasteiger charge is -2.57. The molecule has 0 aromatic heterocycles. The molecule has 6 bridgehead atoms. The first-order chi connectivity index (χ1) is 38.3. The van der Waals surface area contributed by atoms with E-state index in [-0.39, 0.29) is 6.42 Å². The maximum atomic E-state index is 13.8. The van der Waals surface area contributed by atoms with Crippen molar-refractivity contribution in [1.82, 2.24) is 0 Å². The van der Waals surface area contributed by atoms with E-state index in [9.17, 15) is 10.2 Å². The quantitative estimate of drug-likeness (QED) is 0.0336. The van der Waals surface area contributed by atoms with E-state index in [0.717, 1.165) is 70.6 Å². The van der Waals surface area contributed by atoms with Crippen LogP contribution in [0.2, 0.25) is 0 Å². The van der Waals surface area contributed by atoms with Crippen molar-refractivity contribution in [2.24, 2.45) is 0 Å². The van der Waals surface area contributed by atoms with Crippen LogP contribution in [0.5, 0.6) is 0 Å². The predicted molar refractivity (Wildman–Crippen MR) is 308 cm³/mol. The third kappa shape index (κ3) is 19.1. The summed E-state index contributed by atoms with van der Waals surface area (Å²) in [6.07, 6.45) is 60.1. The Hall–Kier alpha value is 0.690. The Morgan fingerprint density at radius 2 is 0.538 bits per heavy atom. The van der Waals surface area contributed by atoms with Crippen LogP contribution >= 0.6 is 25.8 Å². The summed E-state index contributed by atoms with van der Waals surface area (Å²) in [5, 5.41) is 25.8. The molecule has 0 aromatic rings. The lowest BCUT2D eigenvalue weighted by molar-refractivity contribution is -0.588. The van der Waals surface area contributed by atoms with Crippen LogP contribution in [0.1, 0.15) is 348 Å². The SMILES string of the molecule is CCCCCCCCCCCCCCCCCCC1(CCCCCCCCCCCCCCCCCC)OOP2OO[C@]34OP5O[C@@](O)([C@@]3(OO2)O5)[C@]1(CCCCCCCCCCCCCCCCCC)OOP1OC4(O)O1. The second kappa shape index (κ2) is 38.0. The molecule has 18 heteroatoms. The number of rotatable bonds is 51. The Morgan fingerprint density at radius 3 is 0.897 bits per heavy atom. The van der Waals surface area contributed by atoms with Crippen molar-refractivity contribution in [2.45, 2.75) is 383 Å². The van der Waals surface area contributed by atoms with Crippen LogP contribution in [0, 0.1) is 0 Å². The minimum Gasteiger partial charge on any atom is -0.358 e. The van der Waals surface area contributed by atoms with E-state index in [1.807, 2.05) is 0 Å². The van der Waals surface area contributed by atoms with Crippen LogP contribution in [0.15, 0.2) is 0 Å². The van der Waals surface area contributed by atoms with Gasteiger partial charge in [0.1, 0.15) is 5.60 Å². The van der Waals surface area contributed by atoms with Gasteiger partial charge in [-0.1, -0.05) is 329 Å². The van der Waals surface area contributed by atoms with E-state index < -0.39 is 60.3 Å². The zero-order chi connectivity index (χ0) is 55.0. The monoisotopic (exact) mass is 1170 g/mol. The zero-order valence-electron chi connectivity index (χ0n) is 49.6. The van der Waals surface area contributed by atoms with Gasteiger partial charge in [0.05, 0.1) is 0 Å². The van der Waals surface area contributed by atoms with E-state index in [1.54, 1.807) is 0 Å². The van der Waals surface area contributed by atoms with Crippen molar-refractivity contribution >= 4 is 25.8 Å². The number of hydrogen-bond acceptors (Lipinski definition) is 15. The molecule has 6 atom stereocenters. The number of fused-ring (bicyclic) bond motifs is 4. The van der Waals surface area contributed by atoms with Gasteiger partial charge in [0, 0.05) is 0 Å². The Kier molecular flexibility index (Phi) is 33.0. The van der Waals surface area contributed by atoms with Crippen molar-refractivity contribution in [3.05, 3.63) is 0 Å². The van der Waals surface area contributed by atoms with Gasteiger partial charge in [-0.2, -0.15) is 14.4 Å². The van der Waals surface area contributed by atoms with Crippen molar-refractivity contribution in [3.8, 4) is 0 Å².